The van der Waals surface area contributed by atoms with Gasteiger partial charge in [0.15, 0.2) is 0 Å². The second kappa shape index (κ2) is 8.07. The summed E-state index contributed by atoms with van der Waals surface area (Å²) in [7, 11) is 1.65. The molecule has 0 saturated carbocycles. The van der Waals surface area contributed by atoms with Crippen molar-refractivity contribution in [3.05, 3.63) is 69.4 Å². The lowest BCUT2D eigenvalue weighted by molar-refractivity contribution is -0.123. The van der Waals surface area contributed by atoms with E-state index >= 15 is 0 Å². The van der Waals surface area contributed by atoms with Gasteiger partial charge < -0.3 is 10.1 Å². The Kier molecular flexibility index (Phi) is 5.75. The van der Waals surface area contributed by atoms with Crippen molar-refractivity contribution in [1.82, 2.24) is 10.2 Å². The zero-order valence-electron chi connectivity index (χ0n) is 16.4. The molecule has 1 saturated heterocycles. The van der Waals surface area contributed by atoms with Gasteiger partial charge in [-0.1, -0.05) is 37.6 Å². The maximum absolute atomic E-state index is 12.8. The van der Waals surface area contributed by atoms with Crippen LogP contribution in [-0.4, -0.2) is 23.9 Å². The molecule has 6 heteroatoms. The summed E-state index contributed by atoms with van der Waals surface area (Å²) >= 11 is 5.89. The van der Waals surface area contributed by atoms with Gasteiger partial charge >= 0.3 is 6.03 Å². The Labute approximate surface area is 169 Å². The average molecular weight is 399 g/mol. The summed E-state index contributed by atoms with van der Waals surface area (Å²) < 4.78 is 5.47. The summed E-state index contributed by atoms with van der Waals surface area (Å²) in [6.07, 6.45) is 1.72. The normalized spacial score (nSPS) is 15.5. The fraction of sp³-hybridized carbons (Fsp3) is 0.273. The molecule has 0 unspecified atom stereocenters. The Hall–Kier alpha value is -2.79. The van der Waals surface area contributed by atoms with Gasteiger partial charge in [0.25, 0.3) is 5.91 Å². The number of amides is 3. The van der Waals surface area contributed by atoms with E-state index in [1.54, 1.807) is 37.5 Å². The number of aryl methyl sites for hydroxylation is 1. The van der Waals surface area contributed by atoms with Crippen molar-refractivity contribution in [2.24, 2.45) is 0 Å². The number of hydrogen-bond acceptors (Lipinski definition) is 3. The van der Waals surface area contributed by atoms with Crippen LogP contribution < -0.4 is 10.1 Å². The fourth-order valence-corrected chi connectivity index (χ4v) is 3.27. The van der Waals surface area contributed by atoms with Crippen molar-refractivity contribution in [3.63, 3.8) is 0 Å². The summed E-state index contributed by atoms with van der Waals surface area (Å²) in [6.45, 7) is 6.31. The summed E-state index contributed by atoms with van der Waals surface area (Å²) in [4.78, 5) is 26.3. The molecule has 0 atom stereocenters. The van der Waals surface area contributed by atoms with E-state index in [0.717, 1.165) is 28.0 Å². The van der Waals surface area contributed by atoms with E-state index in [2.05, 4.69) is 19.2 Å². The number of methoxy groups -OCH3 is 1. The third-order valence-electron chi connectivity index (χ3n) is 4.76. The lowest BCUT2D eigenvalue weighted by Gasteiger charge is -2.15. The molecule has 0 radical (unpaired) electrons. The van der Waals surface area contributed by atoms with Crippen LogP contribution in [0.5, 0.6) is 5.75 Å². The molecule has 0 aliphatic carbocycles. The standard InChI is InChI=1S/C22H23ClN2O3/c1-13(2)18-10-16(14(3)9-20(18)28-4)11-19-21(26)25(22(27)24-19)12-15-5-7-17(23)8-6-15/h5-11,13H,12H2,1-4H3,(H,24,27)/b19-11+. The van der Waals surface area contributed by atoms with Gasteiger partial charge in [0.05, 0.1) is 13.7 Å². The van der Waals surface area contributed by atoms with Crippen molar-refractivity contribution in [1.29, 1.82) is 0 Å². The molecule has 1 N–H and O–H groups in total. The summed E-state index contributed by atoms with van der Waals surface area (Å²) in [6, 6.07) is 10.6. The van der Waals surface area contributed by atoms with Crippen LogP contribution in [0.15, 0.2) is 42.1 Å². The van der Waals surface area contributed by atoms with Gasteiger partial charge in [-0.05, 0) is 65.4 Å². The van der Waals surface area contributed by atoms with Gasteiger partial charge in [0.2, 0.25) is 0 Å². The predicted octanol–water partition coefficient (Wildman–Crippen LogP) is 4.87. The molecule has 3 amide bonds. The largest absolute Gasteiger partial charge is 0.496 e. The molecule has 0 bridgehead atoms. The molecule has 0 aromatic heterocycles. The highest BCUT2D eigenvalue weighted by Gasteiger charge is 2.33. The molecule has 1 aliphatic heterocycles. The van der Waals surface area contributed by atoms with Crippen LogP contribution in [0.3, 0.4) is 0 Å². The first-order valence-electron chi connectivity index (χ1n) is 9.07. The third-order valence-corrected chi connectivity index (χ3v) is 5.01. The van der Waals surface area contributed by atoms with E-state index in [4.69, 9.17) is 16.3 Å². The van der Waals surface area contributed by atoms with Crippen LogP contribution in [0.2, 0.25) is 5.02 Å². The van der Waals surface area contributed by atoms with Gasteiger partial charge in [0.1, 0.15) is 11.4 Å². The first-order valence-corrected chi connectivity index (χ1v) is 9.45. The first kappa shape index (κ1) is 20.0. The van der Waals surface area contributed by atoms with E-state index in [-0.39, 0.29) is 24.1 Å². The lowest BCUT2D eigenvalue weighted by atomic mass is 9.96. The average Bonchev–Trinajstić information content (AvgIpc) is 2.92. The maximum Gasteiger partial charge on any atom is 0.329 e. The SMILES string of the molecule is COc1cc(C)c(/C=C2/NC(=O)N(Cc3ccc(Cl)cc3)C2=O)cc1C(C)C. The fourth-order valence-electron chi connectivity index (χ4n) is 3.14. The maximum atomic E-state index is 12.8. The van der Waals surface area contributed by atoms with Crippen LogP contribution >= 0.6 is 11.6 Å². The van der Waals surface area contributed by atoms with Gasteiger partial charge in [-0.2, -0.15) is 0 Å². The quantitative estimate of drug-likeness (QED) is 0.577. The number of urea groups is 1. The minimum absolute atomic E-state index is 0.192. The van der Waals surface area contributed by atoms with Gasteiger partial charge in [-0.3, -0.25) is 9.69 Å². The second-order valence-corrected chi connectivity index (χ2v) is 7.55. The van der Waals surface area contributed by atoms with E-state index in [1.807, 2.05) is 19.1 Å². The van der Waals surface area contributed by atoms with Gasteiger partial charge in [-0.15, -0.1) is 0 Å². The van der Waals surface area contributed by atoms with Gasteiger partial charge in [0, 0.05) is 5.02 Å². The number of imide groups is 1. The van der Waals surface area contributed by atoms with E-state index < -0.39 is 6.03 Å². The van der Waals surface area contributed by atoms with Crippen LogP contribution in [0.1, 0.15) is 42.0 Å². The molecule has 2 aromatic carbocycles. The summed E-state index contributed by atoms with van der Waals surface area (Å²) in [5.41, 5.74) is 3.99. The van der Waals surface area contributed by atoms with Crippen molar-refractivity contribution < 1.29 is 14.3 Å². The number of rotatable bonds is 5. The Morgan fingerprint density at radius 1 is 1.18 bits per heavy atom. The highest BCUT2D eigenvalue weighted by molar-refractivity contribution is 6.30. The van der Waals surface area contributed by atoms with E-state index in [0.29, 0.717) is 5.02 Å². The molecule has 3 rings (SSSR count). The van der Waals surface area contributed by atoms with E-state index in [9.17, 15) is 9.59 Å². The number of hydrogen-bond donors (Lipinski definition) is 1. The lowest BCUT2D eigenvalue weighted by Crippen LogP contribution is -2.30. The minimum Gasteiger partial charge on any atom is -0.496 e. The topological polar surface area (TPSA) is 58.6 Å². The zero-order valence-corrected chi connectivity index (χ0v) is 17.1. The highest BCUT2D eigenvalue weighted by Crippen LogP contribution is 2.31. The molecule has 1 fully saturated rings. The van der Waals surface area contributed by atoms with Crippen LogP contribution in [-0.2, 0) is 11.3 Å². The predicted molar refractivity (Wildman–Crippen MR) is 110 cm³/mol. The van der Waals surface area contributed by atoms with Crippen LogP contribution in [0.25, 0.3) is 6.08 Å². The van der Waals surface area contributed by atoms with Crippen molar-refractivity contribution in [3.8, 4) is 5.75 Å². The Morgan fingerprint density at radius 3 is 2.46 bits per heavy atom. The van der Waals surface area contributed by atoms with Crippen molar-refractivity contribution in [2.45, 2.75) is 33.2 Å². The number of nitrogens with zero attached hydrogens (tertiary/aromatic N) is 1. The number of benzene rings is 2. The Balaban J connectivity index is 1.89. The molecule has 146 valence electrons. The smallest absolute Gasteiger partial charge is 0.329 e. The summed E-state index contributed by atoms with van der Waals surface area (Å²) in [5, 5.41) is 3.29. The molecule has 1 heterocycles. The highest BCUT2D eigenvalue weighted by atomic mass is 35.5. The first-order chi connectivity index (χ1) is 13.3. The number of ether oxygens (including phenoxy) is 1. The molecule has 28 heavy (non-hydrogen) atoms. The summed E-state index contributed by atoms with van der Waals surface area (Å²) in [5.74, 6) is 0.741. The van der Waals surface area contributed by atoms with E-state index in [1.165, 1.54) is 4.90 Å². The number of halogens is 1. The van der Waals surface area contributed by atoms with Crippen LogP contribution in [0, 0.1) is 6.92 Å². The molecule has 5 nitrogen and oxygen atoms in total. The van der Waals surface area contributed by atoms with Crippen molar-refractivity contribution >= 4 is 29.6 Å². The second-order valence-electron chi connectivity index (χ2n) is 7.11. The molecular weight excluding hydrogens is 376 g/mol. The zero-order chi connectivity index (χ0) is 20.4. The Bertz CT molecular complexity index is 949. The minimum atomic E-state index is -0.429. The van der Waals surface area contributed by atoms with Crippen LogP contribution in [0.4, 0.5) is 4.79 Å². The third kappa shape index (κ3) is 4.04. The molecule has 2 aromatic rings. The molecule has 1 aliphatic rings. The number of carbonyl (C=O) groups excluding carboxylic acids is 2. The van der Waals surface area contributed by atoms with Crippen molar-refractivity contribution in [2.75, 3.05) is 7.11 Å². The monoisotopic (exact) mass is 398 g/mol. The molecule has 0 spiro atoms. The molecular formula is C22H23ClN2O3. The number of nitrogens with one attached hydrogen (secondary N) is 1. The number of carbonyl (C=O) groups is 2. The Morgan fingerprint density at radius 2 is 1.86 bits per heavy atom. The van der Waals surface area contributed by atoms with Gasteiger partial charge in [-0.25, -0.2) is 4.79 Å².